The highest BCUT2D eigenvalue weighted by Crippen LogP contribution is 2.33. The number of aromatic amines is 1. The lowest BCUT2D eigenvalue weighted by atomic mass is 9.95. The van der Waals surface area contributed by atoms with Crippen molar-refractivity contribution in [3.8, 4) is 5.75 Å². The number of benzene rings is 3. The molecule has 1 atom stereocenters. The lowest BCUT2D eigenvalue weighted by Gasteiger charge is -2.36. The molecule has 0 bridgehead atoms. The van der Waals surface area contributed by atoms with Crippen LogP contribution in [0.3, 0.4) is 0 Å². The number of fused-ring (bicyclic) bond motifs is 2. The molecule has 0 saturated heterocycles. The Balaban J connectivity index is 0.00000304. The fraction of sp³-hybridized carbons (Fsp3) is 0.250. The van der Waals surface area contributed by atoms with Crippen molar-refractivity contribution in [2.24, 2.45) is 5.73 Å². The van der Waals surface area contributed by atoms with Crippen molar-refractivity contribution in [1.82, 2.24) is 9.88 Å². The third-order valence-corrected chi connectivity index (χ3v) is 6.70. The third-order valence-electron chi connectivity index (χ3n) is 6.70. The topological polar surface area (TPSA) is 71.4 Å². The smallest absolute Gasteiger partial charge is 0.249 e. The number of nitrogens with two attached hydrogens (primary N) is 1. The molecule has 36 heavy (non-hydrogen) atoms. The number of carbonyl (C=O) groups is 1. The van der Waals surface area contributed by atoms with Gasteiger partial charge in [0.05, 0.1) is 0 Å². The molecule has 1 aromatic heterocycles. The highest BCUT2D eigenvalue weighted by molar-refractivity contribution is 5.95. The van der Waals surface area contributed by atoms with E-state index in [9.17, 15) is 13.6 Å². The van der Waals surface area contributed by atoms with Crippen molar-refractivity contribution in [3.63, 3.8) is 0 Å². The Morgan fingerprint density at radius 3 is 2.69 bits per heavy atom. The van der Waals surface area contributed by atoms with Crippen molar-refractivity contribution < 1.29 is 18.3 Å². The maximum atomic E-state index is 14.4. The maximum absolute atomic E-state index is 14.4. The fourth-order valence-corrected chi connectivity index (χ4v) is 4.94. The standard InChI is InChI=1S/C28H27F2N3O2.ClH/c29-20-8-11-26-23(13-20)19(15-32-26)7-4-12-33(16-18-5-2-1-3-6-18)21-14-24-22(28(31)34)9-10-25(30)27(24)35-17-21;/h1-3,5-6,8-11,13,15,21,32H,4,7,12,14,16-17H2,(H2,31,34);1H. The molecule has 0 fully saturated rings. The van der Waals surface area contributed by atoms with Crippen LogP contribution in [0.4, 0.5) is 8.78 Å². The summed E-state index contributed by atoms with van der Waals surface area (Å²) >= 11 is 0. The summed E-state index contributed by atoms with van der Waals surface area (Å²) in [6, 6.07) is 17.5. The summed E-state index contributed by atoms with van der Waals surface area (Å²) in [6.45, 7) is 1.76. The maximum Gasteiger partial charge on any atom is 0.249 e. The molecular formula is C28H28ClF2N3O2. The van der Waals surface area contributed by atoms with Crippen LogP contribution in [0.25, 0.3) is 10.9 Å². The van der Waals surface area contributed by atoms with E-state index in [1.54, 1.807) is 12.1 Å². The van der Waals surface area contributed by atoms with Crippen molar-refractivity contribution in [2.45, 2.75) is 31.8 Å². The highest BCUT2D eigenvalue weighted by Gasteiger charge is 2.30. The summed E-state index contributed by atoms with van der Waals surface area (Å²) in [7, 11) is 0. The van der Waals surface area contributed by atoms with E-state index in [4.69, 9.17) is 10.5 Å². The summed E-state index contributed by atoms with van der Waals surface area (Å²) in [5.41, 5.74) is 9.53. The fourth-order valence-electron chi connectivity index (χ4n) is 4.94. The van der Waals surface area contributed by atoms with Gasteiger partial charge in [-0.25, -0.2) is 8.78 Å². The van der Waals surface area contributed by atoms with Gasteiger partial charge in [-0.3, -0.25) is 9.69 Å². The van der Waals surface area contributed by atoms with E-state index >= 15 is 0 Å². The summed E-state index contributed by atoms with van der Waals surface area (Å²) in [6.07, 6.45) is 4.02. The Morgan fingerprint density at radius 2 is 1.92 bits per heavy atom. The van der Waals surface area contributed by atoms with E-state index in [1.165, 1.54) is 18.2 Å². The highest BCUT2D eigenvalue weighted by atomic mass is 35.5. The first kappa shape index (κ1) is 25.7. The van der Waals surface area contributed by atoms with Gasteiger partial charge < -0.3 is 15.5 Å². The van der Waals surface area contributed by atoms with Gasteiger partial charge >= 0.3 is 0 Å². The SMILES string of the molecule is Cl.NC(=O)c1ccc(F)c2c1CC(N(CCCc1c[nH]c3ccc(F)cc13)Cc1ccccc1)CO2. The van der Waals surface area contributed by atoms with Gasteiger partial charge in [-0.2, -0.15) is 0 Å². The van der Waals surface area contributed by atoms with Crippen molar-refractivity contribution in [2.75, 3.05) is 13.2 Å². The first-order valence-corrected chi connectivity index (χ1v) is 11.8. The first-order valence-electron chi connectivity index (χ1n) is 11.8. The molecular weight excluding hydrogens is 484 g/mol. The first-order chi connectivity index (χ1) is 17.0. The minimum Gasteiger partial charge on any atom is -0.489 e. The quantitative estimate of drug-likeness (QED) is 0.332. The molecule has 3 N–H and O–H groups in total. The number of nitrogens with zero attached hydrogens (tertiary/aromatic N) is 1. The van der Waals surface area contributed by atoms with Crippen LogP contribution in [0.1, 0.15) is 33.5 Å². The van der Waals surface area contributed by atoms with Crippen LogP contribution in [-0.2, 0) is 19.4 Å². The third kappa shape index (κ3) is 5.37. The van der Waals surface area contributed by atoms with Crippen LogP contribution >= 0.6 is 12.4 Å². The van der Waals surface area contributed by atoms with Gasteiger partial charge in [-0.15, -0.1) is 12.4 Å². The second-order valence-corrected chi connectivity index (χ2v) is 9.00. The molecule has 3 aromatic carbocycles. The second kappa shape index (κ2) is 11.1. The summed E-state index contributed by atoms with van der Waals surface area (Å²) in [5.74, 6) is -1.20. The van der Waals surface area contributed by atoms with Crippen molar-refractivity contribution in [1.29, 1.82) is 0 Å². The molecule has 5 nitrogen and oxygen atoms in total. The van der Waals surface area contributed by atoms with E-state index in [0.29, 0.717) is 30.7 Å². The molecule has 0 spiro atoms. The van der Waals surface area contributed by atoms with Gasteiger partial charge in [0.2, 0.25) is 5.91 Å². The lowest BCUT2D eigenvalue weighted by molar-refractivity contribution is 0.0977. The van der Waals surface area contributed by atoms with Gasteiger partial charge in [0.1, 0.15) is 12.4 Å². The molecule has 1 amide bonds. The summed E-state index contributed by atoms with van der Waals surface area (Å²) < 4.78 is 34.0. The number of aromatic nitrogens is 1. The molecule has 2 heterocycles. The number of nitrogens with one attached hydrogen (secondary N) is 1. The Kier molecular flexibility index (Phi) is 7.91. The van der Waals surface area contributed by atoms with E-state index in [1.807, 2.05) is 24.4 Å². The average Bonchev–Trinajstić information content (AvgIpc) is 3.26. The molecule has 5 rings (SSSR count). The van der Waals surface area contributed by atoms with Crippen molar-refractivity contribution in [3.05, 3.63) is 101 Å². The van der Waals surface area contributed by atoms with Crippen LogP contribution < -0.4 is 10.5 Å². The number of halogens is 3. The Morgan fingerprint density at radius 1 is 1.11 bits per heavy atom. The number of rotatable bonds is 8. The number of amides is 1. The zero-order valence-corrected chi connectivity index (χ0v) is 20.5. The Hall–Kier alpha value is -3.42. The van der Waals surface area contributed by atoms with E-state index in [-0.39, 0.29) is 30.0 Å². The zero-order chi connectivity index (χ0) is 24.4. The van der Waals surface area contributed by atoms with Gasteiger partial charge in [-0.1, -0.05) is 30.3 Å². The molecule has 1 aliphatic heterocycles. The molecule has 0 saturated carbocycles. The number of primary amides is 1. The predicted octanol–water partition coefficient (Wildman–Crippen LogP) is 5.41. The van der Waals surface area contributed by atoms with Gasteiger partial charge in [0.25, 0.3) is 0 Å². The Bertz CT molecular complexity index is 1360. The monoisotopic (exact) mass is 511 g/mol. The van der Waals surface area contributed by atoms with E-state index in [2.05, 4.69) is 22.0 Å². The average molecular weight is 512 g/mol. The number of carbonyl (C=O) groups excluding carboxylic acids is 1. The molecule has 1 aliphatic rings. The number of H-pyrrole nitrogens is 1. The number of aryl methyl sites for hydroxylation is 1. The molecule has 0 aliphatic carbocycles. The predicted molar refractivity (Wildman–Crippen MR) is 139 cm³/mol. The van der Waals surface area contributed by atoms with Crippen LogP contribution in [-0.4, -0.2) is 35.0 Å². The zero-order valence-electron chi connectivity index (χ0n) is 19.7. The second-order valence-electron chi connectivity index (χ2n) is 9.00. The van der Waals surface area contributed by atoms with E-state index in [0.717, 1.165) is 41.4 Å². The summed E-state index contributed by atoms with van der Waals surface area (Å²) in [4.78, 5) is 17.5. The van der Waals surface area contributed by atoms with E-state index < -0.39 is 11.7 Å². The minimum absolute atomic E-state index is 0. The molecule has 8 heteroatoms. The van der Waals surface area contributed by atoms with Crippen LogP contribution in [0.2, 0.25) is 0 Å². The Labute approximate surface area is 214 Å². The van der Waals surface area contributed by atoms with Crippen LogP contribution in [0.15, 0.2) is 66.9 Å². The van der Waals surface area contributed by atoms with Crippen LogP contribution in [0, 0.1) is 11.6 Å². The van der Waals surface area contributed by atoms with Gasteiger partial charge in [0.15, 0.2) is 11.6 Å². The summed E-state index contributed by atoms with van der Waals surface area (Å²) in [5, 5.41) is 0.899. The minimum atomic E-state index is -0.591. The van der Waals surface area contributed by atoms with Crippen LogP contribution in [0.5, 0.6) is 5.75 Å². The molecule has 188 valence electrons. The molecule has 4 aromatic rings. The normalized spacial score (nSPS) is 14.8. The van der Waals surface area contributed by atoms with Gasteiger partial charge in [-0.05, 0) is 67.3 Å². The molecule has 1 unspecified atom stereocenters. The lowest BCUT2D eigenvalue weighted by Crippen LogP contribution is -2.44. The number of hydrogen-bond donors (Lipinski definition) is 2. The largest absolute Gasteiger partial charge is 0.489 e. The number of hydrogen-bond acceptors (Lipinski definition) is 3. The van der Waals surface area contributed by atoms with Crippen molar-refractivity contribution >= 4 is 29.2 Å². The molecule has 0 radical (unpaired) electrons. The number of ether oxygens (including phenoxy) is 1. The van der Waals surface area contributed by atoms with Gasteiger partial charge in [0, 0.05) is 40.8 Å².